The van der Waals surface area contributed by atoms with E-state index < -0.39 is 0 Å². The lowest BCUT2D eigenvalue weighted by atomic mass is 10.8. The van der Waals surface area contributed by atoms with Gasteiger partial charge in [0.25, 0.3) is 0 Å². The van der Waals surface area contributed by atoms with Crippen LogP contribution in [0.2, 0.25) is 0 Å². The first kappa shape index (κ1) is 8.67. The highest BCUT2D eigenvalue weighted by Gasteiger charge is 1.94. The summed E-state index contributed by atoms with van der Waals surface area (Å²) in [6.45, 7) is 3.06. The van der Waals surface area contributed by atoms with E-state index >= 15 is 0 Å². The van der Waals surface area contributed by atoms with E-state index in [1.807, 2.05) is 11.8 Å². The molecular weight excluding hydrogens is 168 g/mol. The van der Waals surface area contributed by atoms with Crippen LogP contribution in [0.5, 0.6) is 0 Å². The quantitative estimate of drug-likeness (QED) is 0.418. The maximum Gasteiger partial charge on any atom is 0.0790 e. The van der Waals surface area contributed by atoms with Gasteiger partial charge in [-0.1, -0.05) is 0 Å². The Balaban J connectivity index is 0.0000001000. The highest BCUT2D eigenvalue weighted by atomic mass is 32.2. The van der Waals surface area contributed by atoms with Crippen molar-refractivity contribution in [1.29, 1.82) is 0 Å². The van der Waals surface area contributed by atoms with Crippen molar-refractivity contribution in [3.05, 3.63) is 0 Å². The number of hydrogen-bond acceptors (Lipinski definition) is 5. The lowest BCUT2D eigenvalue weighted by Gasteiger charge is -1.74. The molecule has 2 heterocycles. The molecule has 0 atom stereocenters. The summed E-state index contributed by atoms with van der Waals surface area (Å²) in [5.41, 5.74) is 0. The van der Waals surface area contributed by atoms with Crippen LogP contribution < -0.4 is 10.0 Å². The molecule has 0 aliphatic carbocycles. The maximum atomic E-state index is 4.75. The van der Waals surface area contributed by atoms with Crippen molar-refractivity contribution in [2.45, 2.75) is 0 Å². The Hall–Kier alpha value is 0.580. The minimum atomic E-state index is 0.852. The molecule has 0 unspecified atom stereocenters. The zero-order chi connectivity index (χ0) is 7.07. The Bertz CT molecular complexity index is 50.8. The van der Waals surface area contributed by atoms with Gasteiger partial charge in [-0.3, -0.25) is 4.18 Å². The first-order valence-corrected chi connectivity index (χ1v) is 5.19. The average Bonchev–Trinajstić information content (AvgIpc) is 2.67. The first-order valence-electron chi connectivity index (χ1n) is 3.30. The standard InChI is InChI=1S/C3H7NS.C2H5NOS/c1-2-5-3-4-1;1-2-4-5-3-1/h4H,1-3H2;3H,1-2H2. The summed E-state index contributed by atoms with van der Waals surface area (Å²) in [6, 6.07) is 0. The molecule has 2 rings (SSSR count). The molecule has 0 aromatic rings. The molecule has 2 aliphatic rings. The van der Waals surface area contributed by atoms with E-state index in [9.17, 15) is 0 Å². The molecule has 0 radical (unpaired) electrons. The third kappa shape index (κ3) is 4.40. The number of rotatable bonds is 0. The largest absolute Gasteiger partial charge is 0.307 e. The fourth-order valence-electron chi connectivity index (χ4n) is 0.569. The van der Waals surface area contributed by atoms with Gasteiger partial charge in [0.05, 0.1) is 18.8 Å². The molecule has 0 aromatic heterocycles. The molecule has 0 saturated carbocycles. The third-order valence-electron chi connectivity index (χ3n) is 1.03. The van der Waals surface area contributed by atoms with E-state index in [-0.39, 0.29) is 0 Å². The van der Waals surface area contributed by atoms with Gasteiger partial charge >= 0.3 is 0 Å². The fraction of sp³-hybridized carbons (Fsp3) is 1.00. The molecule has 2 aliphatic heterocycles. The molecule has 60 valence electrons. The maximum absolute atomic E-state index is 4.75. The van der Waals surface area contributed by atoms with E-state index in [1.165, 1.54) is 30.4 Å². The predicted octanol–water partition coefficient (Wildman–Crippen LogP) is 0.450. The average molecular weight is 180 g/mol. The van der Waals surface area contributed by atoms with Gasteiger partial charge in [0.15, 0.2) is 0 Å². The Morgan fingerprint density at radius 1 is 1.30 bits per heavy atom. The molecule has 10 heavy (non-hydrogen) atoms. The van der Waals surface area contributed by atoms with Crippen LogP contribution in [0.1, 0.15) is 0 Å². The van der Waals surface area contributed by atoms with Gasteiger partial charge in [-0.05, 0) is 0 Å². The minimum absolute atomic E-state index is 0.852. The van der Waals surface area contributed by atoms with Crippen LogP contribution in [-0.2, 0) is 4.18 Å². The van der Waals surface area contributed by atoms with Gasteiger partial charge in [-0.25, -0.2) is 4.72 Å². The van der Waals surface area contributed by atoms with Gasteiger partial charge in [0.1, 0.15) is 0 Å². The molecule has 0 amide bonds. The molecule has 2 N–H and O–H groups in total. The van der Waals surface area contributed by atoms with Crippen LogP contribution >= 0.6 is 24.0 Å². The van der Waals surface area contributed by atoms with E-state index in [0.29, 0.717) is 0 Å². The lowest BCUT2D eigenvalue weighted by Crippen LogP contribution is -2.04. The molecule has 0 bridgehead atoms. The monoisotopic (exact) mass is 180 g/mol. The highest BCUT2D eigenvalue weighted by molar-refractivity contribution is 7.99. The summed E-state index contributed by atoms with van der Waals surface area (Å²) in [7, 11) is 0. The van der Waals surface area contributed by atoms with Gasteiger partial charge < -0.3 is 5.32 Å². The minimum Gasteiger partial charge on any atom is -0.307 e. The summed E-state index contributed by atoms with van der Waals surface area (Å²) in [4.78, 5) is 0. The zero-order valence-corrected chi connectivity index (χ0v) is 7.39. The Morgan fingerprint density at radius 2 is 2.30 bits per heavy atom. The molecular formula is C5H12N2OS2. The molecule has 2 fully saturated rings. The van der Waals surface area contributed by atoms with Crippen LogP contribution in [0.15, 0.2) is 0 Å². The molecule has 5 heteroatoms. The zero-order valence-electron chi connectivity index (χ0n) is 5.76. The topological polar surface area (TPSA) is 33.3 Å². The van der Waals surface area contributed by atoms with E-state index in [2.05, 4.69) is 10.0 Å². The second-order valence-corrected chi connectivity index (χ2v) is 3.65. The van der Waals surface area contributed by atoms with E-state index in [1.54, 1.807) is 0 Å². The summed E-state index contributed by atoms with van der Waals surface area (Å²) < 4.78 is 7.67. The Morgan fingerprint density at radius 3 is 2.50 bits per heavy atom. The van der Waals surface area contributed by atoms with Gasteiger partial charge in [0, 0.05) is 24.7 Å². The molecule has 2 saturated heterocycles. The smallest absolute Gasteiger partial charge is 0.0790 e. The van der Waals surface area contributed by atoms with Crippen molar-refractivity contribution in [2.75, 3.05) is 31.3 Å². The van der Waals surface area contributed by atoms with Crippen molar-refractivity contribution in [3.8, 4) is 0 Å². The second-order valence-electron chi connectivity index (χ2n) is 1.85. The summed E-state index contributed by atoms with van der Waals surface area (Å²) >= 11 is 3.29. The van der Waals surface area contributed by atoms with Crippen molar-refractivity contribution in [1.82, 2.24) is 10.0 Å². The van der Waals surface area contributed by atoms with Crippen LogP contribution in [0, 0.1) is 0 Å². The normalized spacial score (nSPS) is 24.0. The molecule has 0 spiro atoms. The predicted molar refractivity (Wildman–Crippen MR) is 46.9 cm³/mol. The van der Waals surface area contributed by atoms with Crippen LogP contribution in [0.3, 0.4) is 0 Å². The van der Waals surface area contributed by atoms with Crippen molar-refractivity contribution < 1.29 is 4.18 Å². The molecule has 3 nitrogen and oxygen atoms in total. The first-order chi connectivity index (χ1) is 5.00. The van der Waals surface area contributed by atoms with Crippen molar-refractivity contribution in [3.63, 3.8) is 0 Å². The second kappa shape index (κ2) is 6.30. The van der Waals surface area contributed by atoms with Crippen LogP contribution in [0.4, 0.5) is 0 Å². The lowest BCUT2D eigenvalue weighted by molar-refractivity contribution is 0.416. The van der Waals surface area contributed by atoms with Gasteiger partial charge in [0.2, 0.25) is 0 Å². The summed E-state index contributed by atoms with van der Waals surface area (Å²) in [5, 5.41) is 3.19. The number of hydrogen-bond donors (Lipinski definition) is 2. The summed E-state index contributed by atoms with van der Waals surface area (Å²) in [6.07, 6.45) is 0. The Kier molecular flexibility index (Phi) is 5.47. The van der Waals surface area contributed by atoms with Crippen LogP contribution in [0.25, 0.3) is 0 Å². The fourth-order valence-corrected chi connectivity index (χ4v) is 1.71. The number of thioether (sulfide) groups is 1. The van der Waals surface area contributed by atoms with Crippen molar-refractivity contribution >= 4 is 24.0 Å². The highest BCUT2D eigenvalue weighted by Crippen LogP contribution is 2.00. The van der Waals surface area contributed by atoms with Crippen molar-refractivity contribution in [2.24, 2.45) is 0 Å². The number of nitrogens with one attached hydrogen (secondary N) is 2. The van der Waals surface area contributed by atoms with Gasteiger partial charge in [-0.15, -0.1) is 11.8 Å². The SMILES string of the molecule is C1COSN1.C1CSCN1. The van der Waals surface area contributed by atoms with E-state index in [4.69, 9.17) is 4.18 Å². The molecule has 0 aromatic carbocycles. The summed E-state index contributed by atoms with van der Waals surface area (Å²) in [5.74, 6) is 2.47. The van der Waals surface area contributed by atoms with E-state index in [0.717, 1.165) is 13.2 Å². The van der Waals surface area contributed by atoms with Crippen LogP contribution in [-0.4, -0.2) is 31.3 Å². The third-order valence-corrected chi connectivity index (χ3v) is 2.54. The Labute approximate surface area is 70.0 Å². The van der Waals surface area contributed by atoms with Gasteiger partial charge in [-0.2, -0.15) is 0 Å².